The van der Waals surface area contributed by atoms with Crippen molar-refractivity contribution in [3.63, 3.8) is 0 Å². The third-order valence-corrected chi connectivity index (χ3v) is 6.69. The predicted molar refractivity (Wildman–Crippen MR) is 116 cm³/mol. The Kier molecular flexibility index (Phi) is 6.61. The molecular weight excluding hydrogens is 404 g/mol. The van der Waals surface area contributed by atoms with Gasteiger partial charge in [0, 0.05) is 38.3 Å². The van der Waals surface area contributed by atoms with Crippen LogP contribution < -0.4 is 14.9 Å². The number of carbonyl (C=O) groups excluding carboxylic acids is 2. The van der Waals surface area contributed by atoms with Gasteiger partial charge in [-0.05, 0) is 43.7 Å². The van der Waals surface area contributed by atoms with E-state index >= 15 is 0 Å². The monoisotopic (exact) mass is 430 g/mol. The number of nitrogens with zero attached hydrogens (tertiary/aromatic N) is 2. The summed E-state index contributed by atoms with van der Waals surface area (Å²) in [6, 6.07) is 14.2. The van der Waals surface area contributed by atoms with Crippen LogP contribution in [0.4, 0.5) is 16.2 Å². The molecule has 0 radical (unpaired) electrons. The van der Waals surface area contributed by atoms with E-state index in [0.29, 0.717) is 30.9 Å². The fourth-order valence-electron chi connectivity index (χ4n) is 3.33. The van der Waals surface area contributed by atoms with E-state index in [1.165, 1.54) is 23.5 Å². The lowest BCUT2D eigenvalue weighted by Crippen LogP contribution is -2.44. The van der Waals surface area contributed by atoms with Crippen LogP contribution in [0.2, 0.25) is 0 Å². The molecule has 0 saturated carbocycles. The number of nitrogens with one attached hydrogen (secondary N) is 2. The molecule has 1 aliphatic rings. The minimum Gasteiger partial charge on any atom is -0.341 e. The maximum absolute atomic E-state index is 12.9. The number of likely N-dealkylation sites (tertiary alicyclic amines) is 1. The highest BCUT2D eigenvalue weighted by Gasteiger charge is 2.23. The number of rotatable bonds is 7. The summed E-state index contributed by atoms with van der Waals surface area (Å²) in [5, 5.41) is 5.44. The van der Waals surface area contributed by atoms with Crippen molar-refractivity contribution in [1.29, 1.82) is 0 Å². The maximum Gasteiger partial charge on any atom is 0.319 e. The Morgan fingerprint density at radius 2 is 1.90 bits per heavy atom. The molecule has 1 atom stereocenters. The second-order valence-electron chi connectivity index (χ2n) is 7.28. The Labute approximate surface area is 176 Å². The molecule has 30 heavy (non-hydrogen) atoms. The zero-order chi connectivity index (χ0) is 21.7. The first kappa shape index (κ1) is 21.6. The molecule has 0 spiro atoms. The molecule has 1 aliphatic heterocycles. The van der Waals surface area contributed by atoms with Crippen molar-refractivity contribution in [2.45, 2.75) is 30.7 Å². The van der Waals surface area contributed by atoms with Gasteiger partial charge in [-0.15, -0.1) is 0 Å². The van der Waals surface area contributed by atoms with E-state index in [0.717, 1.165) is 6.42 Å². The molecule has 3 rings (SSSR count). The lowest BCUT2D eigenvalue weighted by Gasteiger charge is -2.22. The summed E-state index contributed by atoms with van der Waals surface area (Å²) < 4.78 is 27.1. The molecule has 1 heterocycles. The van der Waals surface area contributed by atoms with Gasteiger partial charge in [-0.1, -0.05) is 24.3 Å². The Balaban J connectivity index is 1.64. The summed E-state index contributed by atoms with van der Waals surface area (Å²) in [6.45, 7) is 2.98. The van der Waals surface area contributed by atoms with Gasteiger partial charge in [-0.3, -0.25) is 9.10 Å². The van der Waals surface area contributed by atoms with Gasteiger partial charge < -0.3 is 15.5 Å². The lowest BCUT2D eigenvalue weighted by atomic mass is 10.3. The minimum atomic E-state index is -3.78. The number of benzene rings is 2. The van der Waals surface area contributed by atoms with Crippen LogP contribution in [0.25, 0.3) is 0 Å². The number of hydrogen-bond donors (Lipinski definition) is 2. The van der Waals surface area contributed by atoms with E-state index in [4.69, 9.17) is 0 Å². The fourth-order valence-corrected chi connectivity index (χ4v) is 4.58. The first-order chi connectivity index (χ1) is 14.3. The molecule has 2 aromatic carbocycles. The smallest absolute Gasteiger partial charge is 0.319 e. The fraction of sp³-hybridized carbons (Fsp3) is 0.333. The molecule has 160 valence electrons. The SMILES string of the molecule is CC(CN1CCCC1=O)NC(=O)Nc1cccc(S(=O)(=O)N(C)c2ccccc2)c1. The average molecular weight is 431 g/mol. The first-order valence-electron chi connectivity index (χ1n) is 9.77. The van der Waals surface area contributed by atoms with E-state index in [9.17, 15) is 18.0 Å². The second-order valence-corrected chi connectivity index (χ2v) is 9.25. The average Bonchev–Trinajstić information content (AvgIpc) is 3.12. The van der Waals surface area contributed by atoms with Gasteiger partial charge in [0.1, 0.15) is 0 Å². The number of para-hydroxylation sites is 1. The van der Waals surface area contributed by atoms with Gasteiger partial charge >= 0.3 is 6.03 Å². The van der Waals surface area contributed by atoms with Crippen LogP contribution in [-0.2, 0) is 14.8 Å². The van der Waals surface area contributed by atoms with Crippen molar-refractivity contribution in [3.8, 4) is 0 Å². The predicted octanol–water partition coefficient (Wildman–Crippen LogP) is 2.64. The summed E-state index contributed by atoms with van der Waals surface area (Å²) in [6.07, 6.45) is 1.40. The Hall–Kier alpha value is -3.07. The van der Waals surface area contributed by atoms with Crippen LogP contribution in [-0.4, -0.2) is 51.4 Å². The molecule has 8 nitrogen and oxygen atoms in total. The highest BCUT2D eigenvalue weighted by molar-refractivity contribution is 7.92. The third kappa shape index (κ3) is 5.10. The van der Waals surface area contributed by atoms with E-state index in [-0.39, 0.29) is 16.8 Å². The van der Waals surface area contributed by atoms with E-state index in [1.54, 1.807) is 41.3 Å². The molecule has 0 aromatic heterocycles. The van der Waals surface area contributed by atoms with Crippen molar-refractivity contribution in [3.05, 3.63) is 54.6 Å². The van der Waals surface area contributed by atoms with E-state index in [1.807, 2.05) is 13.0 Å². The van der Waals surface area contributed by atoms with Crippen LogP contribution in [0.3, 0.4) is 0 Å². The van der Waals surface area contributed by atoms with Crippen LogP contribution in [0.15, 0.2) is 59.5 Å². The maximum atomic E-state index is 12.9. The van der Waals surface area contributed by atoms with Gasteiger partial charge in [-0.2, -0.15) is 0 Å². The number of hydrogen-bond acceptors (Lipinski definition) is 4. The van der Waals surface area contributed by atoms with Crippen molar-refractivity contribution < 1.29 is 18.0 Å². The van der Waals surface area contributed by atoms with Crippen molar-refractivity contribution in [1.82, 2.24) is 10.2 Å². The summed E-state index contributed by atoms with van der Waals surface area (Å²) in [4.78, 5) is 25.8. The first-order valence-corrected chi connectivity index (χ1v) is 11.2. The van der Waals surface area contributed by atoms with Gasteiger partial charge in [0.2, 0.25) is 5.91 Å². The third-order valence-electron chi connectivity index (χ3n) is 4.91. The summed E-state index contributed by atoms with van der Waals surface area (Å²) >= 11 is 0. The largest absolute Gasteiger partial charge is 0.341 e. The Bertz CT molecular complexity index is 1010. The Morgan fingerprint density at radius 1 is 1.17 bits per heavy atom. The zero-order valence-corrected chi connectivity index (χ0v) is 17.9. The second kappa shape index (κ2) is 9.17. The topological polar surface area (TPSA) is 98.8 Å². The summed E-state index contributed by atoms with van der Waals surface area (Å²) in [7, 11) is -2.29. The molecule has 1 saturated heterocycles. The van der Waals surface area contributed by atoms with Gasteiger partial charge in [0.15, 0.2) is 0 Å². The molecule has 0 aliphatic carbocycles. The van der Waals surface area contributed by atoms with Crippen molar-refractivity contribution >= 4 is 33.3 Å². The summed E-state index contributed by atoms with van der Waals surface area (Å²) in [5.41, 5.74) is 0.901. The minimum absolute atomic E-state index is 0.0716. The Morgan fingerprint density at radius 3 is 2.57 bits per heavy atom. The normalized spacial score (nSPS) is 15.0. The molecule has 1 fully saturated rings. The van der Waals surface area contributed by atoms with Crippen molar-refractivity contribution in [2.24, 2.45) is 0 Å². The number of urea groups is 1. The quantitative estimate of drug-likeness (QED) is 0.705. The number of carbonyl (C=O) groups is 2. The molecule has 0 bridgehead atoms. The highest BCUT2D eigenvalue weighted by Crippen LogP contribution is 2.23. The molecular formula is C21H26N4O4S. The van der Waals surface area contributed by atoms with Gasteiger partial charge in [0.05, 0.1) is 10.6 Å². The highest BCUT2D eigenvalue weighted by atomic mass is 32.2. The zero-order valence-electron chi connectivity index (χ0n) is 17.0. The van der Waals surface area contributed by atoms with Crippen LogP contribution in [0.5, 0.6) is 0 Å². The van der Waals surface area contributed by atoms with E-state index in [2.05, 4.69) is 10.6 Å². The van der Waals surface area contributed by atoms with Crippen LogP contribution in [0, 0.1) is 0 Å². The van der Waals surface area contributed by atoms with Gasteiger partial charge in [0.25, 0.3) is 10.0 Å². The van der Waals surface area contributed by atoms with Crippen LogP contribution >= 0.6 is 0 Å². The number of anilines is 2. The standard InChI is InChI=1S/C21H26N4O4S/c1-16(15-25-13-7-12-20(25)26)22-21(27)23-17-8-6-11-19(14-17)30(28,29)24(2)18-9-4-3-5-10-18/h3-6,8-11,14,16H,7,12-13,15H2,1-2H3,(H2,22,23,27). The number of sulfonamides is 1. The van der Waals surface area contributed by atoms with Gasteiger partial charge in [-0.25, -0.2) is 13.2 Å². The number of amides is 3. The van der Waals surface area contributed by atoms with E-state index < -0.39 is 16.1 Å². The summed E-state index contributed by atoms with van der Waals surface area (Å²) in [5.74, 6) is 0.101. The lowest BCUT2D eigenvalue weighted by molar-refractivity contribution is -0.127. The molecule has 1 unspecified atom stereocenters. The molecule has 3 amide bonds. The van der Waals surface area contributed by atoms with Crippen LogP contribution in [0.1, 0.15) is 19.8 Å². The van der Waals surface area contributed by atoms with Crippen molar-refractivity contribution in [2.75, 3.05) is 29.8 Å². The molecule has 9 heteroatoms. The molecule has 2 N–H and O–H groups in total. The molecule has 2 aromatic rings.